The van der Waals surface area contributed by atoms with Crippen molar-refractivity contribution in [2.75, 3.05) is 5.73 Å². The summed E-state index contributed by atoms with van der Waals surface area (Å²) in [5.41, 5.74) is 4.65. The van der Waals surface area contributed by atoms with Crippen LogP contribution in [0.5, 0.6) is 0 Å². The summed E-state index contributed by atoms with van der Waals surface area (Å²) in [6.45, 7) is -1.86. The van der Waals surface area contributed by atoms with Crippen molar-refractivity contribution < 1.29 is 17.8 Å². The van der Waals surface area contributed by atoms with E-state index in [1.807, 2.05) is 0 Å². The maximum atomic E-state index is 13.1. The Morgan fingerprint density at radius 1 is 1.52 bits per heavy atom. The molecule has 1 aliphatic rings. The van der Waals surface area contributed by atoms with Crippen molar-refractivity contribution in [2.45, 2.75) is 32.1 Å². The molecule has 0 spiro atoms. The largest absolute Gasteiger partial charge is 0.398 e. The lowest BCUT2D eigenvalue weighted by atomic mass is 9.92. The number of nitrogen functional groups attached to an aromatic ring is 1. The fourth-order valence-corrected chi connectivity index (χ4v) is 2.27. The number of hydrogen-bond acceptors (Lipinski definition) is 5. The number of rotatable bonds is 1. The van der Waals surface area contributed by atoms with Gasteiger partial charge in [-0.2, -0.15) is 0 Å². The molecule has 1 aliphatic carbocycles. The van der Waals surface area contributed by atoms with Gasteiger partial charge in [-0.1, -0.05) is 6.07 Å². The second kappa shape index (κ2) is 4.80. The van der Waals surface area contributed by atoms with Crippen LogP contribution < -0.4 is 11.3 Å². The second-order valence-electron chi connectivity index (χ2n) is 4.62. The molecule has 2 aromatic rings. The molecular weight excluding hydrogens is 270 g/mol. The summed E-state index contributed by atoms with van der Waals surface area (Å²) >= 11 is 0. The molecule has 6 nitrogen and oxygen atoms in total. The molecule has 2 atom stereocenters. The summed E-state index contributed by atoms with van der Waals surface area (Å²) in [5.74, 6) is -2.46. The standard InChI is InChI=1S/C15H15N3O3/c1-8-17-11-4-2-3-10(16)14(11)15(21)18(8)12-6-5-9(19)7-13(12)20/h2-4,12H,5-7,16H2,1H3/i1D2,4D,5D2,6D. The van der Waals surface area contributed by atoms with Crippen LogP contribution in [0.1, 0.15) is 39.3 Å². The Bertz CT molecular complexity index is 1040. The molecule has 1 aromatic carbocycles. The molecule has 1 aromatic heterocycles. The Kier molecular flexibility index (Phi) is 1.84. The molecule has 3 rings (SSSR count). The smallest absolute Gasteiger partial charge is 0.264 e. The molecule has 6 heteroatoms. The second-order valence-corrected chi connectivity index (χ2v) is 4.62. The number of ketones is 2. The topological polar surface area (TPSA) is 95.0 Å². The fourth-order valence-electron chi connectivity index (χ4n) is 2.27. The minimum atomic E-state index is -2.69. The van der Waals surface area contributed by atoms with Gasteiger partial charge in [0.05, 0.1) is 24.7 Å². The zero-order valence-electron chi connectivity index (χ0n) is 16.8. The zero-order valence-corrected chi connectivity index (χ0v) is 10.8. The summed E-state index contributed by atoms with van der Waals surface area (Å²) < 4.78 is 47.5. The minimum absolute atomic E-state index is 0.0470. The van der Waals surface area contributed by atoms with Crippen molar-refractivity contribution in [3.63, 3.8) is 0 Å². The van der Waals surface area contributed by atoms with Gasteiger partial charge < -0.3 is 5.73 Å². The van der Waals surface area contributed by atoms with E-state index in [0.717, 1.165) is 0 Å². The highest BCUT2D eigenvalue weighted by Crippen LogP contribution is 2.24. The van der Waals surface area contributed by atoms with Crippen LogP contribution in [0.4, 0.5) is 5.69 Å². The van der Waals surface area contributed by atoms with Crippen LogP contribution in [0.15, 0.2) is 23.0 Å². The molecule has 1 saturated carbocycles. The average molecular weight is 291 g/mol. The van der Waals surface area contributed by atoms with Gasteiger partial charge >= 0.3 is 0 Å². The number of hydrogen-bond donors (Lipinski definition) is 1. The Hall–Kier alpha value is -2.50. The maximum Gasteiger partial charge on any atom is 0.264 e. The van der Waals surface area contributed by atoms with Crippen LogP contribution in [-0.4, -0.2) is 21.1 Å². The predicted octanol–water partition coefficient (Wildman–Crippen LogP) is 1.15. The molecular formula is C15H15N3O3. The number of nitrogens with zero attached hydrogens (tertiary/aromatic N) is 2. The highest BCUT2D eigenvalue weighted by atomic mass is 16.2. The Morgan fingerprint density at radius 3 is 3.10 bits per heavy atom. The quantitative estimate of drug-likeness (QED) is 0.628. The lowest BCUT2D eigenvalue weighted by Gasteiger charge is -2.24. The Balaban J connectivity index is 2.40. The molecule has 2 unspecified atom stereocenters. The third kappa shape index (κ3) is 2.12. The van der Waals surface area contributed by atoms with Crippen molar-refractivity contribution in [2.24, 2.45) is 0 Å². The number of anilines is 1. The van der Waals surface area contributed by atoms with Gasteiger partial charge in [-0.15, -0.1) is 0 Å². The first-order valence-electron chi connectivity index (χ1n) is 9.35. The first-order chi connectivity index (χ1) is 12.5. The fraction of sp³-hybridized carbons (Fsp3) is 0.333. The number of aryl methyl sites for hydroxylation is 1. The van der Waals surface area contributed by atoms with Crippen molar-refractivity contribution in [1.29, 1.82) is 0 Å². The van der Waals surface area contributed by atoms with E-state index in [1.54, 1.807) is 0 Å². The van der Waals surface area contributed by atoms with Gasteiger partial charge in [0.2, 0.25) is 0 Å². The lowest BCUT2D eigenvalue weighted by Crippen LogP contribution is -2.36. The van der Waals surface area contributed by atoms with Crippen LogP contribution in [0.25, 0.3) is 10.9 Å². The number of aromatic nitrogens is 2. The monoisotopic (exact) mass is 291 g/mol. The van der Waals surface area contributed by atoms with E-state index in [0.29, 0.717) is 4.57 Å². The SMILES string of the molecule is [2H]c1ccc(N)c2c(=O)n(C3C(=O)CC(=O)C([2H])([2H])C3[2H])c(C([2H])[2H])nc12. The Labute approximate surface area is 129 Å². The van der Waals surface area contributed by atoms with E-state index in [2.05, 4.69) is 4.98 Å². The summed E-state index contributed by atoms with van der Waals surface area (Å²) in [5, 5.41) is -0.218. The molecule has 2 N–H and O–H groups in total. The van der Waals surface area contributed by atoms with E-state index < -0.39 is 55.1 Å². The molecule has 1 heterocycles. The van der Waals surface area contributed by atoms with Gasteiger partial charge in [-0.05, 0) is 25.4 Å². The molecule has 0 bridgehead atoms. The van der Waals surface area contributed by atoms with Gasteiger partial charge in [-0.3, -0.25) is 19.0 Å². The van der Waals surface area contributed by atoms with Crippen LogP contribution >= 0.6 is 0 Å². The number of carbonyl (C=O) groups is 2. The lowest BCUT2D eigenvalue weighted by molar-refractivity contribution is -0.132. The minimum Gasteiger partial charge on any atom is -0.398 e. The first-order valence-corrected chi connectivity index (χ1v) is 6.12. The van der Waals surface area contributed by atoms with Crippen LogP contribution in [0.3, 0.4) is 0 Å². The van der Waals surface area contributed by atoms with Crippen molar-refractivity contribution in [3.05, 3.63) is 34.4 Å². The number of benzene rings is 1. The number of nitrogens with two attached hydrogens (primary N) is 1. The number of carbonyl (C=O) groups excluding carboxylic acids is 2. The normalized spacial score (nSPS) is 29.4. The third-order valence-corrected chi connectivity index (χ3v) is 3.26. The third-order valence-electron chi connectivity index (χ3n) is 3.26. The molecule has 0 saturated heterocycles. The number of fused-ring (bicyclic) bond motifs is 1. The molecule has 0 amide bonds. The highest BCUT2D eigenvalue weighted by molar-refractivity contribution is 6.03. The van der Waals surface area contributed by atoms with E-state index in [4.69, 9.17) is 14.0 Å². The van der Waals surface area contributed by atoms with Crippen LogP contribution in [0, 0.1) is 6.88 Å². The van der Waals surface area contributed by atoms with E-state index in [9.17, 15) is 14.4 Å². The molecule has 1 fully saturated rings. The van der Waals surface area contributed by atoms with Crippen molar-refractivity contribution >= 4 is 28.2 Å². The number of Topliss-reactive ketones (excluding diaryl/α,β-unsaturated/α-hetero) is 2. The molecule has 0 aliphatic heterocycles. The van der Waals surface area contributed by atoms with Gasteiger partial charge in [0.1, 0.15) is 11.6 Å². The summed E-state index contributed by atoms with van der Waals surface area (Å²) in [6, 6.07) is 0.676. The summed E-state index contributed by atoms with van der Waals surface area (Å²) in [7, 11) is 0. The van der Waals surface area contributed by atoms with Gasteiger partial charge in [0.15, 0.2) is 5.78 Å². The van der Waals surface area contributed by atoms with Gasteiger partial charge in [0, 0.05) is 18.9 Å². The van der Waals surface area contributed by atoms with Crippen LogP contribution in [-0.2, 0) is 9.59 Å². The molecule has 108 valence electrons. The molecule has 21 heavy (non-hydrogen) atoms. The average Bonchev–Trinajstić information content (AvgIpc) is 2.57. The highest BCUT2D eigenvalue weighted by Gasteiger charge is 2.30. The van der Waals surface area contributed by atoms with E-state index >= 15 is 0 Å². The van der Waals surface area contributed by atoms with Gasteiger partial charge in [-0.25, -0.2) is 4.98 Å². The zero-order chi connectivity index (χ0) is 20.3. The van der Waals surface area contributed by atoms with E-state index in [-0.39, 0.29) is 22.6 Å². The van der Waals surface area contributed by atoms with Gasteiger partial charge in [0.25, 0.3) is 5.56 Å². The maximum absolute atomic E-state index is 13.1. The predicted molar refractivity (Wildman–Crippen MR) is 78.1 cm³/mol. The molecule has 0 radical (unpaired) electrons. The Morgan fingerprint density at radius 2 is 2.33 bits per heavy atom. The summed E-state index contributed by atoms with van der Waals surface area (Å²) in [6.07, 6.45) is -5.46. The van der Waals surface area contributed by atoms with Crippen molar-refractivity contribution in [1.82, 2.24) is 9.55 Å². The summed E-state index contributed by atoms with van der Waals surface area (Å²) in [4.78, 5) is 41.3. The van der Waals surface area contributed by atoms with Crippen LogP contribution in [0.2, 0.25) is 0 Å². The van der Waals surface area contributed by atoms with Crippen molar-refractivity contribution in [3.8, 4) is 0 Å². The first kappa shape index (κ1) is 8.07. The van der Waals surface area contributed by atoms with E-state index in [1.165, 1.54) is 12.1 Å².